The molecule has 0 bridgehead atoms. The molecule has 15 nitrogen and oxygen atoms in total. The molecule has 2 aliphatic rings. The first-order valence-electron chi connectivity index (χ1n) is 24.8. The molecule has 2 heterocycles. The van der Waals surface area contributed by atoms with E-state index in [0.29, 0.717) is 19.3 Å². The molecule has 7 N–H and O–H groups in total. The quantitative estimate of drug-likeness (QED) is 0.0200. The molecule has 0 radical (unpaired) electrons. The molecule has 68 heavy (non-hydrogen) atoms. The van der Waals surface area contributed by atoms with E-state index in [4.69, 9.17) is 28.4 Å². The third-order valence-corrected chi connectivity index (χ3v) is 11.1. The molecule has 2 aliphatic heterocycles. The molecule has 0 spiro atoms. The van der Waals surface area contributed by atoms with Gasteiger partial charge in [-0.2, -0.15) is 0 Å². The van der Waals surface area contributed by atoms with Gasteiger partial charge in [-0.05, 0) is 70.6 Å². The van der Waals surface area contributed by atoms with Gasteiger partial charge in [0.15, 0.2) is 18.7 Å². The average Bonchev–Trinajstić information content (AvgIpc) is 3.33. The predicted molar refractivity (Wildman–Crippen MR) is 261 cm³/mol. The molecular weight excluding hydrogens is 877 g/mol. The van der Waals surface area contributed by atoms with Crippen LogP contribution in [0.5, 0.6) is 0 Å². The fraction of sp³-hybridized carbons (Fsp3) is 0.660. The largest absolute Gasteiger partial charge is 0.462 e. The summed E-state index contributed by atoms with van der Waals surface area (Å²) in [4.78, 5) is 25.6. The third-order valence-electron chi connectivity index (χ3n) is 11.1. The molecule has 0 aliphatic carbocycles. The van der Waals surface area contributed by atoms with Gasteiger partial charge in [0.1, 0.15) is 55.4 Å². The Morgan fingerprint density at radius 3 is 1.46 bits per heavy atom. The maximum Gasteiger partial charge on any atom is 0.306 e. The Balaban J connectivity index is 1.87. The molecule has 2 rings (SSSR count). The van der Waals surface area contributed by atoms with Crippen molar-refractivity contribution in [2.75, 3.05) is 26.4 Å². The molecule has 0 amide bonds. The van der Waals surface area contributed by atoms with E-state index >= 15 is 0 Å². The summed E-state index contributed by atoms with van der Waals surface area (Å²) in [5, 5.41) is 72.0. The Morgan fingerprint density at radius 2 is 0.926 bits per heavy atom. The standard InChI is InChI=1S/C53H84O15/c1-3-5-7-9-11-13-15-17-18-19-20-21-22-24-25-27-29-31-33-35-44(55)63-38-41(66-45(56)36-34-32-30-28-26-23-16-14-12-10-8-6-4-2)39-64-52-51(62)49(60)47(58)43(68-52)40-65-53-50(61)48(59)46(57)42(37-54)67-53/h5,7,11,13,17-18,20-21,23-26,29-32,41-43,46-54,57-62H,3-4,6,8-10,12,14-16,19,22,27-28,33-40H2,1-2H3/b7-5+,13-11+,18-17+,21-20+,25-24+,26-23+,31-29+,32-30+/t41?,42-,43-,46+,47+,48?,49?,50?,51?,52-,53-/m1/s1. The van der Waals surface area contributed by atoms with Crippen molar-refractivity contribution in [3.8, 4) is 0 Å². The lowest BCUT2D eigenvalue weighted by Gasteiger charge is -2.42. The molecule has 0 saturated carbocycles. The molecule has 15 heteroatoms. The van der Waals surface area contributed by atoms with Gasteiger partial charge in [0.25, 0.3) is 0 Å². The second-order valence-corrected chi connectivity index (χ2v) is 16.9. The van der Waals surface area contributed by atoms with Crippen LogP contribution < -0.4 is 0 Å². The van der Waals surface area contributed by atoms with Gasteiger partial charge in [-0.3, -0.25) is 9.59 Å². The lowest BCUT2D eigenvalue weighted by molar-refractivity contribution is -0.332. The van der Waals surface area contributed by atoms with Crippen molar-refractivity contribution in [2.24, 2.45) is 0 Å². The predicted octanol–water partition coefficient (Wildman–Crippen LogP) is 6.59. The zero-order valence-electron chi connectivity index (χ0n) is 40.5. The highest BCUT2D eigenvalue weighted by Gasteiger charge is 2.47. The topological polar surface area (TPSA) is 231 Å². The van der Waals surface area contributed by atoms with Crippen molar-refractivity contribution < 1.29 is 73.8 Å². The van der Waals surface area contributed by atoms with Gasteiger partial charge >= 0.3 is 11.9 Å². The molecule has 0 aromatic heterocycles. The summed E-state index contributed by atoms with van der Waals surface area (Å²) in [6.45, 7) is 2.29. The van der Waals surface area contributed by atoms with E-state index in [9.17, 15) is 45.3 Å². The number of unbranched alkanes of at least 4 members (excludes halogenated alkanes) is 6. The number of aliphatic hydroxyl groups excluding tert-OH is 7. The SMILES string of the molecule is CC/C=C/C/C=C/C/C=C/C/C=C/C/C=C/C/C=C/CCC(=O)OCC(CO[C@@H]1O[C@H](CO[C@@H]2O[C@H](CO)[C@H](O)C(O)C2O)[C@H](O)C(O)C1O)OC(=O)CC/C=C/C/C=C/CCCCCCCC. The number of ether oxygens (including phenoxy) is 6. The summed E-state index contributed by atoms with van der Waals surface area (Å²) in [5.41, 5.74) is 0. The highest BCUT2D eigenvalue weighted by molar-refractivity contribution is 5.70. The number of carbonyl (C=O) groups excluding carboxylic acids is 2. The second kappa shape index (κ2) is 39.2. The van der Waals surface area contributed by atoms with Crippen molar-refractivity contribution in [2.45, 2.75) is 197 Å². The van der Waals surface area contributed by atoms with Crippen LogP contribution in [0.25, 0.3) is 0 Å². The molecule has 2 saturated heterocycles. The van der Waals surface area contributed by atoms with Gasteiger partial charge in [-0.25, -0.2) is 0 Å². The monoisotopic (exact) mass is 961 g/mol. The van der Waals surface area contributed by atoms with Crippen LogP contribution in [0.3, 0.4) is 0 Å². The van der Waals surface area contributed by atoms with Crippen molar-refractivity contribution in [1.82, 2.24) is 0 Å². The number of esters is 2. The zero-order chi connectivity index (χ0) is 49.6. The van der Waals surface area contributed by atoms with Crippen LogP contribution in [-0.4, -0.2) is 142 Å². The van der Waals surface area contributed by atoms with Crippen LogP contribution in [0, 0.1) is 0 Å². The van der Waals surface area contributed by atoms with Gasteiger partial charge in [0, 0.05) is 12.8 Å². The van der Waals surface area contributed by atoms with E-state index < -0.39 is 99.3 Å². The minimum absolute atomic E-state index is 0.0376. The molecule has 11 atom stereocenters. The first kappa shape index (κ1) is 60.5. The first-order chi connectivity index (χ1) is 33.0. The van der Waals surface area contributed by atoms with E-state index in [0.717, 1.165) is 44.9 Å². The van der Waals surface area contributed by atoms with E-state index in [-0.39, 0.29) is 19.4 Å². The second-order valence-electron chi connectivity index (χ2n) is 16.9. The maximum atomic E-state index is 12.9. The zero-order valence-corrected chi connectivity index (χ0v) is 40.5. The average molecular weight is 961 g/mol. The van der Waals surface area contributed by atoms with Crippen LogP contribution in [0.4, 0.5) is 0 Å². The lowest BCUT2D eigenvalue weighted by Crippen LogP contribution is -2.61. The van der Waals surface area contributed by atoms with Gasteiger partial charge in [-0.15, -0.1) is 0 Å². The molecule has 0 aromatic carbocycles. The van der Waals surface area contributed by atoms with Gasteiger partial charge in [0.05, 0.1) is 19.8 Å². The highest BCUT2D eigenvalue weighted by atomic mass is 16.7. The fourth-order valence-electron chi connectivity index (χ4n) is 7.00. The van der Waals surface area contributed by atoms with E-state index in [2.05, 4.69) is 86.8 Å². The number of hydrogen-bond acceptors (Lipinski definition) is 15. The molecular formula is C53H84O15. The van der Waals surface area contributed by atoms with Crippen molar-refractivity contribution in [1.29, 1.82) is 0 Å². The van der Waals surface area contributed by atoms with Crippen LogP contribution >= 0.6 is 0 Å². The number of carbonyl (C=O) groups is 2. The summed E-state index contributed by atoms with van der Waals surface area (Å²) >= 11 is 0. The number of aliphatic hydroxyl groups is 7. The molecule has 0 aromatic rings. The van der Waals surface area contributed by atoms with Crippen molar-refractivity contribution in [3.63, 3.8) is 0 Å². The summed E-state index contributed by atoms with van der Waals surface area (Å²) in [7, 11) is 0. The van der Waals surface area contributed by atoms with E-state index in [1.54, 1.807) is 0 Å². The maximum absolute atomic E-state index is 12.9. The van der Waals surface area contributed by atoms with Crippen LogP contribution in [0.15, 0.2) is 97.2 Å². The van der Waals surface area contributed by atoms with Crippen LogP contribution in [0.2, 0.25) is 0 Å². The molecule has 386 valence electrons. The Kier molecular flexibility index (Phi) is 34.9. The smallest absolute Gasteiger partial charge is 0.306 e. The van der Waals surface area contributed by atoms with Gasteiger partial charge < -0.3 is 64.2 Å². The summed E-state index contributed by atoms with van der Waals surface area (Å²) < 4.78 is 33.3. The van der Waals surface area contributed by atoms with E-state index in [1.165, 1.54) is 38.5 Å². The number of hydrogen-bond donors (Lipinski definition) is 7. The van der Waals surface area contributed by atoms with Crippen molar-refractivity contribution >= 4 is 11.9 Å². The summed E-state index contributed by atoms with van der Waals surface area (Å²) in [6, 6.07) is 0. The minimum Gasteiger partial charge on any atom is -0.462 e. The van der Waals surface area contributed by atoms with Gasteiger partial charge in [0.2, 0.25) is 0 Å². The Labute approximate surface area is 405 Å². The van der Waals surface area contributed by atoms with Crippen LogP contribution in [-0.2, 0) is 38.0 Å². The molecule has 5 unspecified atom stereocenters. The lowest BCUT2D eigenvalue weighted by atomic mass is 9.98. The third kappa shape index (κ3) is 27.0. The Bertz CT molecular complexity index is 1550. The fourth-order valence-corrected chi connectivity index (χ4v) is 7.00. The number of rotatable bonds is 36. The Hall–Kier alpha value is -3.58. The minimum atomic E-state index is -1.79. The number of allylic oxidation sites excluding steroid dienone is 16. The molecule has 2 fully saturated rings. The van der Waals surface area contributed by atoms with E-state index in [1.807, 2.05) is 24.3 Å². The van der Waals surface area contributed by atoms with Crippen LogP contribution in [0.1, 0.15) is 129 Å². The van der Waals surface area contributed by atoms with Gasteiger partial charge in [-0.1, -0.05) is 143 Å². The highest BCUT2D eigenvalue weighted by Crippen LogP contribution is 2.26. The summed E-state index contributed by atoms with van der Waals surface area (Å²) in [6.07, 6.45) is 31.9. The normalized spacial score (nSPS) is 26.6. The first-order valence-corrected chi connectivity index (χ1v) is 24.8. The van der Waals surface area contributed by atoms with Crippen molar-refractivity contribution in [3.05, 3.63) is 97.2 Å². The Morgan fingerprint density at radius 1 is 0.485 bits per heavy atom. The summed E-state index contributed by atoms with van der Waals surface area (Å²) in [5.74, 6) is -1.11.